The van der Waals surface area contributed by atoms with E-state index < -0.39 is 0 Å². The Kier molecular flexibility index (Phi) is 2.12. The van der Waals surface area contributed by atoms with Crippen LogP contribution in [0.2, 0.25) is 0 Å². The summed E-state index contributed by atoms with van der Waals surface area (Å²) in [5.74, 6) is 0.700. The summed E-state index contributed by atoms with van der Waals surface area (Å²) in [4.78, 5) is 4.12. The van der Waals surface area contributed by atoms with Gasteiger partial charge in [-0.25, -0.2) is 0 Å². The van der Waals surface area contributed by atoms with Gasteiger partial charge in [-0.2, -0.15) is 15.2 Å². The summed E-state index contributed by atoms with van der Waals surface area (Å²) in [5.41, 5.74) is 2.60. The maximum Gasteiger partial charge on any atom is 0.213 e. The number of nitrogens with zero attached hydrogens (tertiary/aromatic N) is 3. The Hall–Kier alpha value is -1.56. The largest absolute Gasteiger partial charge is 0.282 e. The Balaban J connectivity index is 2.61. The molecule has 0 atom stereocenters. The van der Waals surface area contributed by atoms with Crippen molar-refractivity contribution in [2.45, 2.75) is 13.8 Å². The van der Waals surface area contributed by atoms with E-state index in [0.29, 0.717) is 10.6 Å². The van der Waals surface area contributed by atoms with Crippen LogP contribution in [0.25, 0.3) is 11.4 Å². The van der Waals surface area contributed by atoms with Crippen LogP contribution in [-0.4, -0.2) is 25.4 Å². The van der Waals surface area contributed by atoms with Crippen LogP contribution >= 0.6 is 12.2 Å². The number of hydrogen-bond acceptors (Lipinski definition) is 4. The maximum atomic E-state index is 4.88. The number of rotatable bonds is 1. The van der Waals surface area contributed by atoms with Gasteiger partial charge in [-0.05, 0) is 32.1 Å². The van der Waals surface area contributed by atoms with Gasteiger partial charge in [0.25, 0.3) is 0 Å². The first-order valence-corrected chi connectivity index (χ1v) is 4.53. The fraction of sp³-hybridized carbons (Fsp3) is 0.250. The lowest BCUT2D eigenvalue weighted by Crippen LogP contribution is -1.94. The molecule has 2 rings (SSSR count). The van der Waals surface area contributed by atoms with E-state index in [9.17, 15) is 0 Å². The van der Waals surface area contributed by atoms with Gasteiger partial charge in [-0.15, -0.1) is 0 Å². The van der Waals surface area contributed by atoms with Gasteiger partial charge in [-0.1, -0.05) is 0 Å². The average molecular weight is 207 g/mol. The topological polar surface area (TPSA) is 70.2 Å². The molecule has 0 aliphatic carbocycles. The Labute approximate surface area is 85.6 Å². The monoisotopic (exact) mass is 207 g/mol. The summed E-state index contributed by atoms with van der Waals surface area (Å²) in [5, 5.41) is 13.6. The van der Waals surface area contributed by atoms with E-state index in [1.54, 1.807) is 0 Å². The molecule has 2 heterocycles. The molecule has 2 aromatic rings. The Bertz CT molecular complexity index is 512. The maximum absolute atomic E-state index is 4.88. The van der Waals surface area contributed by atoms with Crippen molar-refractivity contribution in [2.24, 2.45) is 0 Å². The first-order valence-electron chi connectivity index (χ1n) is 4.13. The number of nitrogens with one attached hydrogen (secondary N) is 2. The minimum absolute atomic E-state index is 0.439. The van der Waals surface area contributed by atoms with Gasteiger partial charge < -0.3 is 0 Å². The zero-order valence-corrected chi connectivity index (χ0v) is 8.64. The lowest BCUT2D eigenvalue weighted by atomic mass is 10.2. The van der Waals surface area contributed by atoms with Crippen molar-refractivity contribution in [1.29, 1.82) is 0 Å². The molecule has 0 aliphatic rings. The van der Waals surface area contributed by atoms with Crippen molar-refractivity contribution in [3.05, 3.63) is 22.2 Å². The van der Waals surface area contributed by atoms with E-state index in [0.717, 1.165) is 17.0 Å². The highest BCUT2D eigenvalue weighted by molar-refractivity contribution is 7.71. The van der Waals surface area contributed by atoms with Crippen LogP contribution in [0.4, 0.5) is 0 Å². The molecule has 0 saturated heterocycles. The number of aryl methyl sites for hydroxylation is 2. The molecule has 2 N–H and O–H groups in total. The normalized spacial score (nSPS) is 10.4. The zero-order valence-electron chi connectivity index (χ0n) is 7.83. The molecule has 6 heteroatoms. The molecule has 2 aromatic heterocycles. The standard InChI is InChI=1S/C8H9N5S/c1-4-3-6(5(2)11-10-4)7-9-8(14)13-12-7/h3H,1-2H3,(H2,9,12,13,14). The van der Waals surface area contributed by atoms with Crippen molar-refractivity contribution in [1.82, 2.24) is 25.4 Å². The minimum Gasteiger partial charge on any atom is -0.282 e. The van der Waals surface area contributed by atoms with E-state index in [-0.39, 0.29) is 0 Å². The third-order valence-corrected chi connectivity index (χ3v) is 2.05. The number of aromatic nitrogens is 5. The van der Waals surface area contributed by atoms with Gasteiger partial charge in [0.2, 0.25) is 4.77 Å². The van der Waals surface area contributed by atoms with Crippen LogP contribution in [0.5, 0.6) is 0 Å². The third-order valence-electron chi connectivity index (χ3n) is 1.86. The minimum atomic E-state index is 0.439. The molecule has 0 fully saturated rings. The van der Waals surface area contributed by atoms with E-state index >= 15 is 0 Å². The zero-order chi connectivity index (χ0) is 10.1. The first kappa shape index (κ1) is 9.01. The second-order valence-electron chi connectivity index (χ2n) is 3.00. The molecule has 0 aliphatic heterocycles. The molecule has 0 spiro atoms. The van der Waals surface area contributed by atoms with Crippen molar-refractivity contribution in [3.8, 4) is 11.4 Å². The number of hydrogen-bond donors (Lipinski definition) is 2. The quantitative estimate of drug-likeness (QED) is 0.696. The summed E-state index contributed by atoms with van der Waals surface area (Å²) in [7, 11) is 0. The molecule has 0 unspecified atom stereocenters. The lowest BCUT2D eigenvalue weighted by Gasteiger charge is -2.00. The van der Waals surface area contributed by atoms with Crippen LogP contribution in [0, 0.1) is 18.6 Å². The molecule has 0 aromatic carbocycles. The molecule has 72 valence electrons. The van der Waals surface area contributed by atoms with E-state index in [4.69, 9.17) is 12.2 Å². The molecule has 5 nitrogen and oxygen atoms in total. The van der Waals surface area contributed by atoms with Gasteiger partial charge >= 0.3 is 0 Å². The predicted molar refractivity (Wildman–Crippen MR) is 54.3 cm³/mol. The van der Waals surface area contributed by atoms with Crippen LogP contribution in [0.15, 0.2) is 6.07 Å². The Morgan fingerprint density at radius 3 is 2.64 bits per heavy atom. The predicted octanol–water partition coefficient (Wildman–Crippen LogP) is 1.54. The van der Waals surface area contributed by atoms with Gasteiger partial charge in [0, 0.05) is 5.56 Å². The van der Waals surface area contributed by atoms with E-state index in [1.165, 1.54) is 0 Å². The van der Waals surface area contributed by atoms with Crippen molar-refractivity contribution >= 4 is 12.2 Å². The summed E-state index contributed by atoms with van der Waals surface area (Å²) in [6.45, 7) is 3.77. The summed E-state index contributed by atoms with van der Waals surface area (Å²) < 4.78 is 0.439. The van der Waals surface area contributed by atoms with Crippen molar-refractivity contribution in [3.63, 3.8) is 0 Å². The number of H-pyrrole nitrogens is 2. The van der Waals surface area contributed by atoms with E-state index in [2.05, 4.69) is 25.4 Å². The van der Waals surface area contributed by atoms with Gasteiger partial charge in [0.1, 0.15) is 0 Å². The Morgan fingerprint density at radius 1 is 1.21 bits per heavy atom. The summed E-state index contributed by atoms with van der Waals surface area (Å²) >= 11 is 4.88. The third kappa shape index (κ3) is 1.56. The average Bonchev–Trinajstić information content (AvgIpc) is 2.56. The van der Waals surface area contributed by atoms with Crippen molar-refractivity contribution in [2.75, 3.05) is 0 Å². The molecule has 0 bridgehead atoms. The van der Waals surface area contributed by atoms with Gasteiger partial charge in [0.15, 0.2) is 5.82 Å². The molecular formula is C8H9N5S. The second-order valence-corrected chi connectivity index (χ2v) is 3.39. The highest BCUT2D eigenvalue weighted by Gasteiger charge is 2.06. The van der Waals surface area contributed by atoms with Crippen LogP contribution < -0.4 is 0 Å². The van der Waals surface area contributed by atoms with E-state index in [1.807, 2.05) is 19.9 Å². The first-order chi connectivity index (χ1) is 6.66. The summed E-state index contributed by atoms with van der Waals surface area (Å²) in [6, 6.07) is 1.92. The lowest BCUT2D eigenvalue weighted by molar-refractivity contribution is 0.938. The molecular weight excluding hydrogens is 198 g/mol. The molecule has 0 amide bonds. The van der Waals surface area contributed by atoms with Crippen LogP contribution in [0.3, 0.4) is 0 Å². The second kappa shape index (κ2) is 3.30. The summed E-state index contributed by atoms with van der Waals surface area (Å²) in [6.07, 6.45) is 0. The van der Waals surface area contributed by atoms with Gasteiger partial charge in [-0.3, -0.25) is 10.2 Å². The van der Waals surface area contributed by atoms with Gasteiger partial charge in [0.05, 0.1) is 11.4 Å². The molecule has 14 heavy (non-hydrogen) atoms. The SMILES string of the molecule is Cc1cc(-c2nc(=S)[nH][nH]2)c(C)nn1. The fourth-order valence-electron chi connectivity index (χ4n) is 1.19. The highest BCUT2D eigenvalue weighted by atomic mass is 32.1. The number of aromatic amines is 2. The van der Waals surface area contributed by atoms with Crippen LogP contribution in [-0.2, 0) is 0 Å². The van der Waals surface area contributed by atoms with Crippen LogP contribution in [0.1, 0.15) is 11.4 Å². The van der Waals surface area contributed by atoms with Crippen molar-refractivity contribution < 1.29 is 0 Å². The smallest absolute Gasteiger partial charge is 0.213 e. The Morgan fingerprint density at radius 2 is 2.00 bits per heavy atom. The highest BCUT2D eigenvalue weighted by Crippen LogP contribution is 2.16. The molecule has 0 saturated carbocycles. The fourth-order valence-corrected chi connectivity index (χ4v) is 1.33. The molecule has 0 radical (unpaired) electrons.